The van der Waals surface area contributed by atoms with E-state index in [0.29, 0.717) is 13.2 Å². The third-order valence-electron chi connectivity index (χ3n) is 2.27. The van der Waals surface area contributed by atoms with E-state index in [2.05, 4.69) is 0 Å². The molecule has 1 aromatic carbocycles. The summed E-state index contributed by atoms with van der Waals surface area (Å²) < 4.78 is 53.7. The van der Waals surface area contributed by atoms with Crippen molar-refractivity contribution in [1.29, 1.82) is 0 Å². The SMILES string of the molecule is CCOC(COc1ccccc1C(F)(F)F)OCC. The van der Waals surface area contributed by atoms with Crippen LogP contribution in [-0.4, -0.2) is 26.1 Å². The lowest BCUT2D eigenvalue weighted by atomic mass is 10.2. The van der Waals surface area contributed by atoms with Gasteiger partial charge in [0.2, 0.25) is 0 Å². The molecule has 0 saturated heterocycles. The van der Waals surface area contributed by atoms with Crippen LogP contribution < -0.4 is 4.74 Å². The van der Waals surface area contributed by atoms with Crippen LogP contribution in [0.5, 0.6) is 5.75 Å². The number of para-hydroxylation sites is 1. The molecule has 0 aromatic heterocycles. The molecule has 0 amide bonds. The molecule has 1 aromatic rings. The molecule has 3 nitrogen and oxygen atoms in total. The molecule has 0 radical (unpaired) electrons. The van der Waals surface area contributed by atoms with Gasteiger partial charge in [0.05, 0.1) is 5.56 Å². The Kier molecular flexibility index (Phi) is 6.11. The molecule has 0 unspecified atom stereocenters. The Hall–Kier alpha value is -1.27. The Morgan fingerprint density at radius 3 is 2.16 bits per heavy atom. The van der Waals surface area contributed by atoms with Gasteiger partial charge in [-0.25, -0.2) is 0 Å². The molecule has 0 saturated carbocycles. The summed E-state index contributed by atoms with van der Waals surface area (Å²) in [4.78, 5) is 0. The van der Waals surface area contributed by atoms with Gasteiger partial charge in [-0.2, -0.15) is 13.2 Å². The molecule has 0 bridgehead atoms. The van der Waals surface area contributed by atoms with Crippen molar-refractivity contribution in [2.75, 3.05) is 19.8 Å². The average molecular weight is 278 g/mol. The lowest BCUT2D eigenvalue weighted by molar-refractivity contribution is -0.156. The molecular weight excluding hydrogens is 261 g/mol. The predicted molar refractivity (Wildman–Crippen MR) is 64.0 cm³/mol. The highest BCUT2D eigenvalue weighted by molar-refractivity contribution is 5.35. The van der Waals surface area contributed by atoms with Crippen LogP contribution in [0.15, 0.2) is 24.3 Å². The van der Waals surface area contributed by atoms with E-state index in [1.165, 1.54) is 18.2 Å². The van der Waals surface area contributed by atoms with Crippen LogP contribution in [0.1, 0.15) is 19.4 Å². The average Bonchev–Trinajstić information content (AvgIpc) is 2.36. The van der Waals surface area contributed by atoms with Gasteiger partial charge in [0, 0.05) is 13.2 Å². The summed E-state index contributed by atoms with van der Waals surface area (Å²) in [6.45, 7) is 4.25. The number of halogens is 3. The fourth-order valence-corrected chi connectivity index (χ4v) is 1.50. The zero-order chi connectivity index (χ0) is 14.3. The van der Waals surface area contributed by atoms with Crippen molar-refractivity contribution < 1.29 is 27.4 Å². The van der Waals surface area contributed by atoms with Crippen LogP contribution in [0.3, 0.4) is 0 Å². The summed E-state index contributed by atoms with van der Waals surface area (Å²) in [6, 6.07) is 5.06. The van der Waals surface area contributed by atoms with Crippen LogP contribution in [-0.2, 0) is 15.7 Å². The van der Waals surface area contributed by atoms with Crippen LogP contribution in [0, 0.1) is 0 Å². The summed E-state index contributed by atoms with van der Waals surface area (Å²) >= 11 is 0. The Labute approximate surface area is 110 Å². The number of benzene rings is 1. The van der Waals surface area contributed by atoms with Gasteiger partial charge < -0.3 is 14.2 Å². The minimum absolute atomic E-state index is 0.0885. The zero-order valence-corrected chi connectivity index (χ0v) is 10.9. The maximum Gasteiger partial charge on any atom is 0.419 e. The first kappa shape index (κ1) is 15.8. The van der Waals surface area contributed by atoms with Gasteiger partial charge in [0.1, 0.15) is 12.4 Å². The first-order chi connectivity index (χ1) is 8.99. The second-order valence-electron chi connectivity index (χ2n) is 3.65. The van der Waals surface area contributed by atoms with E-state index in [1.807, 2.05) is 0 Å². The summed E-state index contributed by atoms with van der Waals surface area (Å²) in [5, 5.41) is 0. The lowest BCUT2D eigenvalue weighted by Gasteiger charge is -2.19. The second kappa shape index (κ2) is 7.35. The highest BCUT2D eigenvalue weighted by atomic mass is 19.4. The van der Waals surface area contributed by atoms with Crippen LogP contribution in [0.25, 0.3) is 0 Å². The smallest absolute Gasteiger partial charge is 0.419 e. The van der Waals surface area contributed by atoms with Gasteiger partial charge >= 0.3 is 6.18 Å². The Balaban J connectivity index is 2.71. The molecule has 19 heavy (non-hydrogen) atoms. The van der Waals surface area contributed by atoms with E-state index >= 15 is 0 Å². The number of alkyl halides is 3. The summed E-state index contributed by atoms with van der Waals surface area (Å²) in [5.41, 5.74) is -0.804. The molecule has 0 heterocycles. The molecule has 6 heteroatoms. The van der Waals surface area contributed by atoms with Crippen molar-refractivity contribution in [3.05, 3.63) is 29.8 Å². The quantitative estimate of drug-likeness (QED) is 0.715. The van der Waals surface area contributed by atoms with Gasteiger partial charge in [-0.15, -0.1) is 0 Å². The third-order valence-corrected chi connectivity index (χ3v) is 2.27. The van der Waals surface area contributed by atoms with Crippen molar-refractivity contribution in [1.82, 2.24) is 0 Å². The predicted octanol–water partition coefficient (Wildman–Crippen LogP) is 3.48. The molecule has 0 fully saturated rings. The Morgan fingerprint density at radius 1 is 1.05 bits per heavy atom. The number of hydrogen-bond donors (Lipinski definition) is 0. The number of ether oxygens (including phenoxy) is 3. The molecule has 108 valence electrons. The van der Waals surface area contributed by atoms with Crippen LogP contribution >= 0.6 is 0 Å². The normalized spacial score (nSPS) is 11.9. The minimum atomic E-state index is -4.44. The molecular formula is C13H17F3O3. The second-order valence-corrected chi connectivity index (χ2v) is 3.65. The molecule has 0 spiro atoms. The van der Waals surface area contributed by atoms with E-state index in [-0.39, 0.29) is 12.4 Å². The van der Waals surface area contributed by atoms with Crippen LogP contribution in [0.4, 0.5) is 13.2 Å². The van der Waals surface area contributed by atoms with Crippen molar-refractivity contribution in [2.45, 2.75) is 26.3 Å². The lowest BCUT2D eigenvalue weighted by Crippen LogP contribution is -2.25. The first-order valence-electron chi connectivity index (χ1n) is 6.01. The van der Waals surface area contributed by atoms with Gasteiger partial charge in [-0.3, -0.25) is 0 Å². The molecule has 0 aliphatic rings. The molecule has 1 rings (SSSR count). The number of hydrogen-bond acceptors (Lipinski definition) is 3. The zero-order valence-electron chi connectivity index (χ0n) is 10.9. The molecule has 0 aliphatic carbocycles. The van der Waals surface area contributed by atoms with Crippen molar-refractivity contribution in [3.8, 4) is 5.75 Å². The van der Waals surface area contributed by atoms with E-state index in [9.17, 15) is 13.2 Å². The highest BCUT2D eigenvalue weighted by Crippen LogP contribution is 2.35. The molecule has 0 N–H and O–H groups in total. The van der Waals surface area contributed by atoms with E-state index < -0.39 is 18.0 Å². The van der Waals surface area contributed by atoms with Crippen molar-refractivity contribution in [3.63, 3.8) is 0 Å². The standard InChI is InChI=1S/C13H17F3O3/c1-3-17-12(18-4-2)9-19-11-8-6-5-7-10(11)13(14,15)16/h5-8,12H,3-4,9H2,1-2H3. The van der Waals surface area contributed by atoms with Crippen molar-refractivity contribution >= 4 is 0 Å². The molecule has 0 aliphatic heterocycles. The van der Waals surface area contributed by atoms with Gasteiger partial charge in [0.25, 0.3) is 0 Å². The highest BCUT2D eigenvalue weighted by Gasteiger charge is 2.34. The van der Waals surface area contributed by atoms with E-state index in [1.54, 1.807) is 13.8 Å². The number of rotatable bonds is 7. The Morgan fingerprint density at radius 2 is 1.63 bits per heavy atom. The van der Waals surface area contributed by atoms with Crippen molar-refractivity contribution in [2.24, 2.45) is 0 Å². The topological polar surface area (TPSA) is 27.7 Å². The largest absolute Gasteiger partial charge is 0.488 e. The Bertz CT molecular complexity index is 374. The van der Waals surface area contributed by atoms with E-state index in [0.717, 1.165) is 6.07 Å². The fraction of sp³-hybridized carbons (Fsp3) is 0.538. The fourth-order valence-electron chi connectivity index (χ4n) is 1.50. The maximum absolute atomic E-state index is 12.7. The molecule has 0 atom stereocenters. The summed E-state index contributed by atoms with van der Waals surface area (Å²) in [7, 11) is 0. The summed E-state index contributed by atoms with van der Waals surface area (Å²) in [5.74, 6) is -0.223. The first-order valence-corrected chi connectivity index (χ1v) is 6.01. The maximum atomic E-state index is 12.7. The minimum Gasteiger partial charge on any atom is -0.488 e. The van der Waals surface area contributed by atoms with E-state index in [4.69, 9.17) is 14.2 Å². The summed E-state index contributed by atoms with van der Waals surface area (Å²) in [6.07, 6.45) is -5.11. The van der Waals surface area contributed by atoms with Gasteiger partial charge in [0.15, 0.2) is 6.29 Å². The van der Waals surface area contributed by atoms with Gasteiger partial charge in [-0.05, 0) is 26.0 Å². The third kappa shape index (κ3) is 5.08. The van der Waals surface area contributed by atoms with Crippen LogP contribution in [0.2, 0.25) is 0 Å². The van der Waals surface area contributed by atoms with Gasteiger partial charge in [-0.1, -0.05) is 12.1 Å². The monoisotopic (exact) mass is 278 g/mol.